The van der Waals surface area contributed by atoms with E-state index in [9.17, 15) is 13.2 Å². The van der Waals surface area contributed by atoms with Crippen LogP contribution in [0.25, 0.3) is 10.9 Å². The van der Waals surface area contributed by atoms with Crippen molar-refractivity contribution >= 4 is 10.9 Å². The van der Waals surface area contributed by atoms with E-state index >= 15 is 0 Å². The molecule has 1 aromatic heterocycles. The molecular weight excluding hydrogens is 257 g/mol. The molecule has 6 heteroatoms. The van der Waals surface area contributed by atoms with Crippen molar-refractivity contribution in [3.63, 3.8) is 0 Å². The average molecular weight is 272 g/mol. The first-order chi connectivity index (χ1) is 8.79. The van der Waals surface area contributed by atoms with Gasteiger partial charge in [-0.25, -0.2) is 0 Å². The normalized spacial score (nSPS) is 14.3. The van der Waals surface area contributed by atoms with Crippen molar-refractivity contribution in [3.8, 4) is 0 Å². The van der Waals surface area contributed by atoms with Gasteiger partial charge in [-0.1, -0.05) is 19.9 Å². The summed E-state index contributed by atoms with van der Waals surface area (Å²) in [5.41, 5.74) is 1.69. The first kappa shape index (κ1) is 13.9. The number of halogens is 3. The molecule has 1 atom stereocenters. The molecule has 3 nitrogen and oxygen atoms in total. The van der Waals surface area contributed by atoms with Gasteiger partial charge < -0.3 is 5.11 Å². The number of aromatic nitrogens is 2. The maximum Gasteiger partial charge on any atom is 0.416 e. The monoisotopic (exact) mass is 272 g/mol. The zero-order valence-electron chi connectivity index (χ0n) is 10.6. The number of hydrogen-bond donors (Lipinski definition) is 1. The van der Waals surface area contributed by atoms with Crippen LogP contribution in [0.15, 0.2) is 24.4 Å². The van der Waals surface area contributed by atoms with Crippen LogP contribution in [0.5, 0.6) is 0 Å². The topological polar surface area (TPSA) is 38.0 Å². The van der Waals surface area contributed by atoms with Gasteiger partial charge in [-0.2, -0.15) is 18.3 Å². The van der Waals surface area contributed by atoms with Gasteiger partial charge in [0.15, 0.2) is 6.10 Å². The third kappa shape index (κ3) is 2.89. The number of alkyl halides is 3. The summed E-state index contributed by atoms with van der Waals surface area (Å²) in [5.74, 6) is 0.341. The van der Waals surface area contributed by atoms with E-state index < -0.39 is 18.8 Å². The van der Waals surface area contributed by atoms with Crippen LogP contribution in [-0.4, -0.2) is 27.2 Å². The molecule has 0 aliphatic carbocycles. The Balaban J connectivity index is 2.31. The van der Waals surface area contributed by atoms with Gasteiger partial charge in [0.05, 0.1) is 18.3 Å². The zero-order chi connectivity index (χ0) is 14.2. The predicted molar refractivity (Wildman–Crippen MR) is 65.9 cm³/mol. The number of hydrogen-bond acceptors (Lipinski definition) is 2. The summed E-state index contributed by atoms with van der Waals surface area (Å²) in [4.78, 5) is 0. The van der Waals surface area contributed by atoms with E-state index in [4.69, 9.17) is 5.11 Å². The quantitative estimate of drug-likeness (QED) is 0.932. The first-order valence-corrected chi connectivity index (χ1v) is 5.99. The minimum absolute atomic E-state index is 0.341. The van der Waals surface area contributed by atoms with E-state index in [0.29, 0.717) is 11.4 Å². The molecule has 19 heavy (non-hydrogen) atoms. The van der Waals surface area contributed by atoms with Crippen LogP contribution in [0.3, 0.4) is 0 Å². The first-order valence-electron chi connectivity index (χ1n) is 5.99. The van der Waals surface area contributed by atoms with Gasteiger partial charge >= 0.3 is 6.18 Å². The largest absolute Gasteiger partial charge is 0.416 e. The molecule has 0 bridgehead atoms. The second-order valence-corrected chi connectivity index (χ2v) is 4.86. The van der Waals surface area contributed by atoms with Crippen molar-refractivity contribution in [2.75, 3.05) is 0 Å². The summed E-state index contributed by atoms with van der Waals surface area (Å²) in [5, 5.41) is 13.8. The van der Waals surface area contributed by atoms with Crippen LogP contribution in [-0.2, 0) is 6.54 Å². The average Bonchev–Trinajstić information content (AvgIpc) is 2.70. The highest BCUT2D eigenvalue weighted by atomic mass is 19.4. The Bertz CT molecular complexity index is 575. The second-order valence-electron chi connectivity index (χ2n) is 4.86. The molecule has 0 saturated heterocycles. The fourth-order valence-corrected chi connectivity index (χ4v) is 1.88. The highest BCUT2D eigenvalue weighted by Crippen LogP contribution is 2.24. The third-order valence-electron chi connectivity index (χ3n) is 3.06. The molecule has 1 aromatic carbocycles. The number of aliphatic hydroxyl groups excluding tert-OH is 1. The minimum Gasteiger partial charge on any atom is -0.382 e. The maximum atomic E-state index is 12.3. The molecule has 0 aliphatic rings. The van der Waals surface area contributed by atoms with E-state index in [1.807, 2.05) is 26.0 Å². The Labute approximate surface area is 108 Å². The van der Waals surface area contributed by atoms with Gasteiger partial charge in [-0.3, -0.25) is 4.68 Å². The van der Waals surface area contributed by atoms with Gasteiger partial charge in [0.25, 0.3) is 0 Å². The number of aliphatic hydroxyl groups is 1. The highest BCUT2D eigenvalue weighted by Gasteiger charge is 2.38. The summed E-state index contributed by atoms with van der Waals surface area (Å²) in [6.45, 7) is 3.49. The molecule has 0 radical (unpaired) electrons. The zero-order valence-corrected chi connectivity index (χ0v) is 10.6. The van der Waals surface area contributed by atoms with E-state index in [-0.39, 0.29) is 0 Å². The van der Waals surface area contributed by atoms with Crippen molar-refractivity contribution in [1.82, 2.24) is 9.78 Å². The summed E-state index contributed by atoms with van der Waals surface area (Å²) in [6.07, 6.45) is -5.51. The number of benzene rings is 1. The summed E-state index contributed by atoms with van der Waals surface area (Å²) in [7, 11) is 0. The van der Waals surface area contributed by atoms with Crippen LogP contribution in [0.1, 0.15) is 25.3 Å². The van der Waals surface area contributed by atoms with Gasteiger partial charge in [0.2, 0.25) is 0 Å². The van der Waals surface area contributed by atoms with E-state index in [0.717, 1.165) is 10.9 Å². The molecule has 0 aliphatic heterocycles. The Morgan fingerprint density at radius 1 is 1.32 bits per heavy atom. The van der Waals surface area contributed by atoms with Crippen LogP contribution in [0, 0.1) is 0 Å². The van der Waals surface area contributed by atoms with Crippen LogP contribution in [0.2, 0.25) is 0 Å². The second kappa shape index (κ2) is 4.85. The van der Waals surface area contributed by atoms with Crippen molar-refractivity contribution in [2.24, 2.45) is 0 Å². The molecule has 1 heterocycles. The van der Waals surface area contributed by atoms with Crippen molar-refractivity contribution in [3.05, 3.63) is 30.0 Å². The Morgan fingerprint density at radius 2 is 2.00 bits per heavy atom. The summed E-state index contributed by atoms with van der Waals surface area (Å²) >= 11 is 0. The van der Waals surface area contributed by atoms with Crippen LogP contribution in [0.4, 0.5) is 13.2 Å². The third-order valence-corrected chi connectivity index (χ3v) is 3.06. The lowest BCUT2D eigenvalue weighted by atomic mass is 10.0. The molecule has 104 valence electrons. The van der Waals surface area contributed by atoms with E-state index in [1.165, 1.54) is 10.9 Å². The molecule has 0 unspecified atom stereocenters. The lowest BCUT2D eigenvalue weighted by Gasteiger charge is -2.15. The molecule has 1 N–H and O–H groups in total. The number of fused-ring (bicyclic) bond motifs is 1. The van der Waals surface area contributed by atoms with Crippen molar-refractivity contribution in [2.45, 2.75) is 38.6 Å². The molecule has 0 saturated carbocycles. The van der Waals surface area contributed by atoms with Gasteiger partial charge in [0, 0.05) is 5.39 Å². The van der Waals surface area contributed by atoms with Crippen molar-refractivity contribution in [1.29, 1.82) is 0 Å². The molecule has 0 fully saturated rings. The maximum absolute atomic E-state index is 12.3. The molecule has 0 amide bonds. The predicted octanol–water partition coefficient (Wildman–Crippen LogP) is 3.08. The summed E-state index contributed by atoms with van der Waals surface area (Å²) in [6, 6.07) is 5.51. The van der Waals surface area contributed by atoms with Crippen LogP contribution >= 0.6 is 0 Å². The van der Waals surface area contributed by atoms with Gasteiger partial charge in [-0.15, -0.1) is 0 Å². The Kier molecular flexibility index (Phi) is 3.54. The molecule has 2 aromatic rings. The van der Waals surface area contributed by atoms with E-state index in [1.54, 1.807) is 6.07 Å². The molecule has 0 spiro atoms. The van der Waals surface area contributed by atoms with Gasteiger partial charge in [0.1, 0.15) is 0 Å². The van der Waals surface area contributed by atoms with Crippen LogP contribution < -0.4 is 0 Å². The fraction of sp³-hybridized carbons (Fsp3) is 0.462. The molecule has 2 rings (SSSR count). The molecular formula is C13H15F3N2O. The lowest BCUT2D eigenvalue weighted by Crippen LogP contribution is -2.33. The van der Waals surface area contributed by atoms with Gasteiger partial charge in [-0.05, 0) is 23.6 Å². The van der Waals surface area contributed by atoms with Crippen molar-refractivity contribution < 1.29 is 18.3 Å². The lowest BCUT2D eigenvalue weighted by molar-refractivity contribution is -0.207. The highest BCUT2D eigenvalue weighted by molar-refractivity contribution is 5.79. The smallest absolute Gasteiger partial charge is 0.382 e. The number of nitrogens with zero attached hydrogens (tertiary/aromatic N) is 2. The fourth-order valence-electron chi connectivity index (χ4n) is 1.88. The SMILES string of the molecule is CC(C)c1ccc2c(cnn2C[C@H](O)C(F)(F)F)c1. The minimum atomic E-state index is -4.63. The number of rotatable bonds is 3. The standard InChI is InChI=1S/C13H15F3N2O/c1-8(2)9-3-4-11-10(5-9)6-17-18(11)7-12(19)13(14,15)16/h3-6,8,12,19H,7H2,1-2H3/t12-/m0/s1. The Morgan fingerprint density at radius 3 is 2.58 bits per heavy atom. The Hall–Kier alpha value is -1.56. The summed E-state index contributed by atoms with van der Waals surface area (Å²) < 4.78 is 38.1. The van der Waals surface area contributed by atoms with E-state index in [2.05, 4.69) is 5.10 Å².